The summed E-state index contributed by atoms with van der Waals surface area (Å²) in [7, 11) is 2.18. The summed E-state index contributed by atoms with van der Waals surface area (Å²) in [5.41, 5.74) is 14.6. The number of ether oxygens (including phenoxy) is 1. The standard InChI is InChI=1S/C34H50N8O2/c1-33(2,3)26-21-24(32-38-28-13-12-25(23-29(28)39-32)42-18-16-41(7)17-19-42)22-27(34(4,5)6)31(26)44-20-10-11-30(43)36-14-8-9-15-37-40-35/h12-13,21-23H,8-11,14-20H2,1-7H3,(H,36,43)(H,38,39). The number of nitrogens with zero attached hydrogens (tertiary/aromatic N) is 6. The quantitative estimate of drug-likeness (QED) is 0.101. The van der Waals surface area contributed by atoms with Gasteiger partial charge in [-0.3, -0.25) is 4.79 Å². The lowest BCUT2D eigenvalue weighted by Gasteiger charge is -2.34. The van der Waals surface area contributed by atoms with Crippen molar-refractivity contribution in [2.75, 3.05) is 57.8 Å². The van der Waals surface area contributed by atoms with Crippen LogP contribution in [0.5, 0.6) is 5.75 Å². The average molecular weight is 603 g/mol. The monoisotopic (exact) mass is 602 g/mol. The van der Waals surface area contributed by atoms with Gasteiger partial charge in [-0.2, -0.15) is 0 Å². The van der Waals surface area contributed by atoms with E-state index in [1.54, 1.807) is 0 Å². The number of rotatable bonds is 12. The smallest absolute Gasteiger partial charge is 0.220 e. The van der Waals surface area contributed by atoms with Crippen LogP contribution in [0.15, 0.2) is 35.4 Å². The Bertz CT molecular complexity index is 1430. The average Bonchev–Trinajstić information content (AvgIpc) is 3.40. The zero-order chi connectivity index (χ0) is 31.9. The Hall–Kier alpha value is -3.75. The van der Waals surface area contributed by atoms with E-state index in [0.29, 0.717) is 32.5 Å². The highest BCUT2D eigenvalue weighted by Gasteiger charge is 2.29. The summed E-state index contributed by atoms with van der Waals surface area (Å²) in [6.45, 7) is 19.0. The molecule has 44 heavy (non-hydrogen) atoms. The van der Waals surface area contributed by atoms with Crippen molar-refractivity contribution >= 4 is 22.6 Å². The number of aromatic nitrogens is 2. The molecule has 1 aliphatic heterocycles. The number of nitrogens with one attached hydrogen (secondary N) is 2. The number of amides is 1. The van der Waals surface area contributed by atoms with Crippen molar-refractivity contribution in [2.45, 2.75) is 78.1 Å². The molecule has 238 valence electrons. The summed E-state index contributed by atoms with van der Waals surface area (Å²) in [5.74, 6) is 1.77. The van der Waals surface area contributed by atoms with Crippen molar-refractivity contribution in [2.24, 2.45) is 5.11 Å². The lowest BCUT2D eigenvalue weighted by molar-refractivity contribution is -0.121. The van der Waals surface area contributed by atoms with Gasteiger partial charge in [0.2, 0.25) is 5.91 Å². The molecule has 4 rings (SSSR count). The zero-order valence-electron chi connectivity index (χ0n) is 27.7. The molecule has 0 spiro atoms. The molecule has 0 saturated carbocycles. The number of H-pyrrole nitrogens is 1. The number of aromatic amines is 1. The van der Waals surface area contributed by atoms with Gasteiger partial charge in [-0.05, 0) is 73.0 Å². The first-order valence-electron chi connectivity index (χ1n) is 15.9. The summed E-state index contributed by atoms with van der Waals surface area (Å²) in [6.07, 6.45) is 2.58. The highest BCUT2D eigenvalue weighted by atomic mass is 16.5. The molecule has 0 atom stereocenters. The SMILES string of the molecule is CN1CCN(c2ccc3nc(-c4cc(C(C)(C)C)c(OCCCC(=O)NCCCCN=[N+]=[N-])c(C(C)(C)C)c4)[nH]c3c2)CC1. The summed E-state index contributed by atoms with van der Waals surface area (Å²) in [5, 5.41) is 6.47. The van der Waals surface area contributed by atoms with E-state index in [2.05, 4.69) is 109 Å². The maximum atomic E-state index is 12.3. The number of carbonyl (C=O) groups excluding carboxylic acids is 1. The van der Waals surface area contributed by atoms with Crippen molar-refractivity contribution in [1.82, 2.24) is 20.2 Å². The van der Waals surface area contributed by atoms with Crippen LogP contribution in [0, 0.1) is 0 Å². The molecule has 2 N–H and O–H groups in total. The number of fused-ring (bicyclic) bond motifs is 1. The van der Waals surface area contributed by atoms with Gasteiger partial charge >= 0.3 is 0 Å². The van der Waals surface area contributed by atoms with Crippen LogP contribution < -0.4 is 15.0 Å². The topological polar surface area (TPSA) is 122 Å². The first kappa shape index (κ1) is 33.1. The van der Waals surface area contributed by atoms with E-state index in [1.165, 1.54) is 5.69 Å². The van der Waals surface area contributed by atoms with Crippen LogP contribution in [0.4, 0.5) is 5.69 Å². The van der Waals surface area contributed by atoms with Gasteiger partial charge in [-0.15, -0.1) is 0 Å². The molecule has 1 fully saturated rings. The third-order valence-electron chi connectivity index (χ3n) is 8.18. The first-order valence-corrected chi connectivity index (χ1v) is 15.9. The number of hydrogen-bond acceptors (Lipinski definition) is 6. The second-order valence-corrected chi connectivity index (χ2v) is 13.9. The molecule has 10 nitrogen and oxygen atoms in total. The molecular formula is C34H50N8O2. The van der Waals surface area contributed by atoms with E-state index in [0.717, 1.165) is 78.3 Å². The normalized spacial score (nSPS) is 14.5. The van der Waals surface area contributed by atoms with Crippen molar-refractivity contribution in [3.8, 4) is 17.1 Å². The summed E-state index contributed by atoms with van der Waals surface area (Å²) < 4.78 is 6.52. The predicted molar refractivity (Wildman–Crippen MR) is 180 cm³/mol. The number of likely N-dealkylation sites (N-methyl/N-ethyl adjacent to an activating group) is 1. The third kappa shape index (κ3) is 8.67. The summed E-state index contributed by atoms with van der Waals surface area (Å²) in [4.78, 5) is 28.5. The van der Waals surface area contributed by atoms with E-state index in [-0.39, 0.29) is 16.7 Å². The number of hydrogen-bond donors (Lipinski definition) is 2. The van der Waals surface area contributed by atoms with E-state index in [1.807, 2.05) is 0 Å². The Morgan fingerprint density at radius 3 is 2.34 bits per heavy atom. The van der Waals surface area contributed by atoms with Gasteiger partial charge in [0.15, 0.2) is 0 Å². The Balaban J connectivity index is 1.52. The molecule has 1 amide bonds. The van der Waals surface area contributed by atoms with Crippen molar-refractivity contribution < 1.29 is 9.53 Å². The third-order valence-corrected chi connectivity index (χ3v) is 8.18. The van der Waals surface area contributed by atoms with Gasteiger partial charge in [0, 0.05) is 73.0 Å². The minimum Gasteiger partial charge on any atom is -0.493 e. The molecule has 0 unspecified atom stereocenters. The van der Waals surface area contributed by atoms with Gasteiger partial charge in [0.1, 0.15) is 11.6 Å². The lowest BCUT2D eigenvalue weighted by Crippen LogP contribution is -2.44. The van der Waals surface area contributed by atoms with Crippen LogP contribution >= 0.6 is 0 Å². The Morgan fingerprint density at radius 1 is 1.02 bits per heavy atom. The largest absolute Gasteiger partial charge is 0.493 e. The van der Waals surface area contributed by atoms with Gasteiger partial charge in [0.05, 0.1) is 17.6 Å². The number of unbranched alkanes of at least 4 members (excludes halogenated alkanes) is 1. The molecule has 1 aliphatic rings. The van der Waals surface area contributed by atoms with E-state index >= 15 is 0 Å². The van der Waals surface area contributed by atoms with Crippen molar-refractivity contribution in [3.05, 3.63) is 51.9 Å². The summed E-state index contributed by atoms with van der Waals surface area (Å²) in [6, 6.07) is 11.0. The number of carbonyl (C=O) groups is 1. The van der Waals surface area contributed by atoms with Crippen LogP contribution in [-0.4, -0.2) is 73.7 Å². The number of piperazine rings is 1. The van der Waals surface area contributed by atoms with E-state index in [9.17, 15) is 4.79 Å². The maximum absolute atomic E-state index is 12.3. The number of imidazole rings is 1. The number of azide groups is 1. The second-order valence-electron chi connectivity index (χ2n) is 13.9. The van der Waals surface area contributed by atoms with Crippen LogP contribution in [0.3, 0.4) is 0 Å². The number of benzene rings is 2. The van der Waals surface area contributed by atoms with Crippen molar-refractivity contribution in [1.29, 1.82) is 0 Å². The Kier molecular flexibility index (Phi) is 10.8. The van der Waals surface area contributed by atoms with Gasteiger partial charge in [-0.1, -0.05) is 46.7 Å². The lowest BCUT2D eigenvalue weighted by atomic mass is 9.78. The van der Waals surface area contributed by atoms with Crippen LogP contribution in [0.25, 0.3) is 32.9 Å². The predicted octanol–water partition coefficient (Wildman–Crippen LogP) is 6.94. The Labute approximate surface area is 262 Å². The molecule has 0 radical (unpaired) electrons. The molecule has 1 aromatic heterocycles. The molecule has 1 saturated heterocycles. The summed E-state index contributed by atoms with van der Waals surface area (Å²) >= 11 is 0. The molecule has 0 bridgehead atoms. The van der Waals surface area contributed by atoms with Gasteiger partial charge in [-0.25, -0.2) is 4.98 Å². The maximum Gasteiger partial charge on any atom is 0.220 e. The van der Waals surface area contributed by atoms with E-state index in [4.69, 9.17) is 15.3 Å². The fourth-order valence-electron chi connectivity index (χ4n) is 5.51. The zero-order valence-corrected chi connectivity index (χ0v) is 27.7. The highest BCUT2D eigenvalue weighted by Crippen LogP contribution is 2.43. The minimum absolute atomic E-state index is 0.0143. The van der Waals surface area contributed by atoms with Crippen LogP contribution in [-0.2, 0) is 15.6 Å². The Morgan fingerprint density at radius 2 is 1.70 bits per heavy atom. The molecule has 2 aromatic carbocycles. The van der Waals surface area contributed by atoms with E-state index < -0.39 is 0 Å². The second kappa shape index (κ2) is 14.4. The fraction of sp³-hybridized carbons (Fsp3) is 0.588. The van der Waals surface area contributed by atoms with Gasteiger partial charge < -0.3 is 24.8 Å². The minimum atomic E-state index is -0.168. The fourth-order valence-corrected chi connectivity index (χ4v) is 5.51. The molecule has 10 heteroatoms. The highest BCUT2D eigenvalue weighted by molar-refractivity contribution is 5.83. The first-order chi connectivity index (χ1) is 20.9. The van der Waals surface area contributed by atoms with Crippen molar-refractivity contribution in [3.63, 3.8) is 0 Å². The molecule has 3 aromatic rings. The molecular weight excluding hydrogens is 552 g/mol. The molecule has 0 aliphatic carbocycles. The van der Waals surface area contributed by atoms with Crippen LogP contribution in [0.2, 0.25) is 0 Å². The van der Waals surface area contributed by atoms with Gasteiger partial charge in [0.25, 0.3) is 0 Å². The number of anilines is 1. The van der Waals surface area contributed by atoms with Crippen LogP contribution in [0.1, 0.15) is 78.4 Å². The molecule has 2 heterocycles.